The molecule has 1 aliphatic rings. The van der Waals surface area contributed by atoms with E-state index in [-0.39, 0.29) is 34.2 Å². The van der Waals surface area contributed by atoms with Crippen molar-refractivity contribution in [3.63, 3.8) is 0 Å². The summed E-state index contributed by atoms with van der Waals surface area (Å²) < 4.78 is 46.0. The molecule has 136 valence electrons. The Morgan fingerprint density at radius 1 is 1.48 bits per heavy atom. The highest BCUT2D eigenvalue weighted by Gasteiger charge is 2.26. The van der Waals surface area contributed by atoms with Gasteiger partial charge in [0.05, 0.1) is 24.4 Å². The lowest BCUT2D eigenvalue weighted by molar-refractivity contribution is -0.129. The summed E-state index contributed by atoms with van der Waals surface area (Å²) in [6, 6.07) is 1.81. The number of halogens is 2. The van der Waals surface area contributed by atoms with Crippen molar-refractivity contribution < 1.29 is 31.7 Å². The third-order valence-electron chi connectivity index (χ3n) is 3.20. The van der Waals surface area contributed by atoms with E-state index in [9.17, 15) is 17.6 Å². The molecule has 0 radical (unpaired) electrons. The number of nitrogens with one attached hydrogen (secondary N) is 1. The smallest absolute Gasteiger partial charge is 0.354 e. The van der Waals surface area contributed by atoms with Crippen LogP contribution in [0.1, 0.15) is 18.0 Å². The molecule has 0 saturated carbocycles. The SMILES string of the molecule is COc1c(Cl)ccc(C2CC(NOS(C)(=O)=O)=CC(C(=O)O)=N2)c1F. The molecule has 0 saturated heterocycles. The quantitative estimate of drug-likeness (QED) is 0.709. The molecule has 0 aromatic heterocycles. The Morgan fingerprint density at radius 3 is 2.72 bits per heavy atom. The van der Waals surface area contributed by atoms with Gasteiger partial charge < -0.3 is 9.84 Å². The van der Waals surface area contributed by atoms with Gasteiger partial charge in [-0.05, 0) is 12.1 Å². The first-order chi connectivity index (χ1) is 11.6. The lowest BCUT2D eigenvalue weighted by Crippen LogP contribution is -2.26. The summed E-state index contributed by atoms with van der Waals surface area (Å²) in [7, 11) is -2.57. The standard InChI is InChI=1S/C14H14ClFN2O6S/c1-23-13-9(15)4-3-8(12(13)16)10-5-7(18-24-25(2,21)22)6-11(17-10)14(19)20/h3-4,6,10,18H,5H2,1-2H3,(H,19,20). The van der Waals surface area contributed by atoms with Crippen molar-refractivity contribution in [2.24, 2.45) is 4.99 Å². The average Bonchev–Trinajstić information content (AvgIpc) is 2.52. The van der Waals surface area contributed by atoms with Gasteiger partial charge in [0.25, 0.3) is 10.1 Å². The van der Waals surface area contributed by atoms with Crippen LogP contribution in [-0.4, -0.2) is 38.6 Å². The summed E-state index contributed by atoms with van der Waals surface area (Å²) in [6.07, 6.45) is 1.90. The zero-order valence-electron chi connectivity index (χ0n) is 13.1. The molecule has 1 aliphatic heterocycles. The fraction of sp³-hybridized carbons (Fsp3) is 0.286. The first-order valence-electron chi connectivity index (χ1n) is 6.80. The highest BCUT2D eigenvalue weighted by Crippen LogP contribution is 2.36. The zero-order chi connectivity index (χ0) is 18.8. The van der Waals surface area contributed by atoms with Crippen LogP contribution >= 0.6 is 11.6 Å². The third-order valence-corrected chi connectivity index (χ3v) is 3.89. The van der Waals surface area contributed by atoms with E-state index in [0.717, 1.165) is 12.3 Å². The second-order valence-corrected chi connectivity index (χ2v) is 7.06. The number of carboxylic acids is 1. The number of ether oxygens (including phenoxy) is 1. The molecule has 11 heteroatoms. The molecule has 1 heterocycles. The molecule has 0 fully saturated rings. The van der Waals surface area contributed by atoms with Crippen LogP contribution < -0.4 is 10.2 Å². The van der Waals surface area contributed by atoms with Crippen molar-refractivity contribution in [2.45, 2.75) is 12.5 Å². The van der Waals surface area contributed by atoms with Gasteiger partial charge in [0.2, 0.25) is 0 Å². The predicted octanol–water partition coefficient (Wildman–Crippen LogP) is 1.82. The van der Waals surface area contributed by atoms with Crippen LogP contribution in [0.5, 0.6) is 5.75 Å². The Kier molecular flexibility index (Phi) is 5.65. The number of hydrogen-bond donors (Lipinski definition) is 2. The number of rotatable bonds is 6. The molecule has 1 atom stereocenters. The Hall–Kier alpha value is -2.17. The average molecular weight is 393 g/mol. The van der Waals surface area contributed by atoms with Crippen molar-refractivity contribution in [1.29, 1.82) is 0 Å². The van der Waals surface area contributed by atoms with Crippen LogP contribution in [-0.2, 0) is 19.2 Å². The largest absolute Gasteiger partial charge is 0.492 e. The number of nitrogens with zero attached hydrogens (tertiary/aromatic N) is 1. The van der Waals surface area contributed by atoms with Crippen molar-refractivity contribution in [1.82, 2.24) is 5.48 Å². The van der Waals surface area contributed by atoms with Crippen LogP contribution in [0.2, 0.25) is 5.02 Å². The van der Waals surface area contributed by atoms with Gasteiger partial charge in [-0.15, -0.1) is 0 Å². The molecule has 0 amide bonds. The van der Waals surface area contributed by atoms with Crippen molar-refractivity contribution in [3.8, 4) is 5.75 Å². The van der Waals surface area contributed by atoms with E-state index in [1.807, 2.05) is 0 Å². The number of aliphatic imine (C=N–C) groups is 1. The summed E-state index contributed by atoms with van der Waals surface area (Å²) in [5.41, 5.74) is 1.93. The van der Waals surface area contributed by atoms with Crippen LogP contribution in [0, 0.1) is 5.82 Å². The number of benzene rings is 1. The topological polar surface area (TPSA) is 114 Å². The van der Waals surface area contributed by atoms with E-state index >= 15 is 0 Å². The van der Waals surface area contributed by atoms with Crippen LogP contribution in [0.15, 0.2) is 28.9 Å². The van der Waals surface area contributed by atoms with Gasteiger partial charge in [-0.2, -0.15) is 12.7 Å². The van der Waals surface area contributed by atoms with E-state index in [0.29, 0.717) is 0 Å². The van der Waals surface area contributed by atoms with Crippen LogP contribution in [0.3, 0.4) is 0 Å². The molecule has 0 bridgehead atoms. The van der Waals surface area contributed by atoms with Gasteiger partial charge in [0.15, 0.2) is 11.6 Å². The summed E-state index contributed by atoms with van der Waals surface area (Å²) in [6.45, 7) is 0. The maximum atomic E-state index is 14.6. The molecule has 0 aliphatic carbocycles. The van der Waals surface area contributed by atoms with E-state index in [1.165, 1.54) is 19.2 Å². The molecule has 2 N–H and O–H groups in total. The van der Waals surface area contributed by atoms with Crippen LogP contribution in [0.4, 0.5) is 4.39 Å². The van der Waals surface area contributed by atoms with E-state index in [4.69, 9.17) is 21.4 Å². The molecular formula is C14H14ClFN2O6S. The van der Waals surface area contributed by atoms with E-state index in [1.54, 1.807) is 0 Å². The summed E-state index contributed by atoms with van der Waals surface area (Å²) >= 11 is 5.84. The molecular weight excluding hydrogens is 379 g/mol. The Labute approximate surface area is 148 Å². The summed E-state index contributed by atoms with van der Waals surface area (Å²) in [5.74, 6) is -2.33. The van der Waals surface area contributed by atoms with E-state index in [2.05, 4.69) is 14.8 Å². The fourth-order valence-electron chi connectivity index (χ4n) is 2.17. The lowest BCUT2D eigenvalue weighted by Gasteiger charge is -2.22. The molecule has 2 rings (SSSR count). The number of dihydropyridines is 1. The Balaban J connectivity index is 2.39. The highest BCUT2D eigenvalue weighted by molar-refractivity contribution is 7.85. The molecule has 25 heavy (non-hydrogen) atoms. The molecule has 1 aromatic rings. The van der Waals surface area contributed by atoms with Crippen molar-refractivity contribution >= 4 is 33.4 Å². The van der Waals surface area contributed by atoms with E-state index < -0.39 is 27.9 Å². The zero-order valence-corrected chi connectivity index (χ0v) is 14.7. The maximum absolute atomic E-state index is 14.6. The highest BCUT2D eigenvalue weighted by atomic mass is 35.5. The minimum absolute atomic E-state index is 0.0198. The number of hydrogen-bond acceptors (Lipinski definition) is 7. The number of carboxylic acid groups (broad SMARTS) is 1. The number of carbonyl (C=O) groups is 1. The first kappa shape index (κ1) is 19.2. The van der Waals surface area contributed by atoms with Gasteiger partial charge in [0.1, 0.15) is 5.71 Å². The Morgan fingerprint density at radius 2 is 2.16 bits per heavy atom. The van der Waals surface area contributed by atoms with Crippen LogP contribution in [0.25, 0.3) is 0 Å². The summed E-state index contributed by atoms with van der Waals surface area (Å²) in [4.78, 5) is 15.2. The first-order valence-corrected chi connectivity index (χ1v) is 9.00. The van der Waals surface area contributed by atoms with Gasteiger partial charge in [-0.3, -0.25) is 10.5 Å². The maximum Gasteiger partial charge on any atom is 0.354 e. The lowest BCUT2D eigenvalue weighted by atomic mass is 9.98. The Bertz CT molecular complexity index is 868. The third kappa shape index (κ3) is 4.68. The van der Waals surface area contributed by atoms with Crippen molar-refractivity contribution in [2.75, 3.05) is 13.4 Å². The van der Waals surface area contributed by atoms with Gasteiger partial charge in [0, 0.05) is 17.7 Å². The van der Waals surface area contributed by atoms with Gasteiger partial charge in [-0.1, -0.05) is 17.7 Å². The number of aliphatic carboxylic acids is 1. The van der Waals surface area contributed by atoms with Gasteiger partial charge in [-0.25, -0.2) is 9.18 Å². The molecule has 1 aromatic carbocycles. The normalized spacial score (nSPS) is 17.5. The fourth-order valence-corrected chi connectivity index (χ4v) is 2.65. The minimum Gasteiger partial charge on any atom is -0.492 e. The molecule has 1 unspecified atom stereocenters. The number of methoxy groups -OCH3 is 1. The second kappa shape index (κ2) is 7.38. The number of hydroxylamine groups is 1. The minimum atomic E-state index is -3.82. The monoisotopic (exact) mass is 392 g/mol. The van der Waals surface area contributed by atoms with Gasteiger partial charge >= 0.3 is 5.97 Å². The second-order valence-electron chi connectivity index (χ2n) is 5.08. The predicted molar refractivity (Wildman–Crippen MR) is 87.5 cm³/mol. The molecule has 0 spiro atoms. The van der Waals surface area contributed by atoms with Crippen molar-refractivity contribution in [3.05, 3.63) is 40.3 Å². The molecule has 8 nitrogen and oxygen atoms in total. The summed E-state index contributed by atoms with van der Waals surface area (Å²) in [5, 5.41) is 9.21.